The molecular weight excluding hydrogens is 316 g/mol. The van der Waals surface area contributed by atoms with Crippen molar-refractivity contribution < 1.29 is 14.7 Å². The number of anilines is 1. The number of aliphatic hydroxyl groups is 1. The Balaban J connectivity index is 1.69. The van der Waals surface area contributed by atoms with E-state index in [0.29, 0.717) is 24.2 Å². The van der Waals surface area contributed by atoms with E-state index in [0.717, 1.165) is 5.56 Å². The maximum atomic E-state index is 12.6. The van der Waals surface area contributed by atoms with Crippen LogP contribution in [0.1, 0.15) is 24.0 Å². The molecule has 2 aromatic carbocycles. The van der Waals surface area contributed by atoms with Gasteiger partial charge in [-0.15, -0.1) is 0 Å². The van der Waals surface area contributed by atoms with Gasteiger partial charge in [-0.1, -0.05) is 30.3 Å². The van der Waals surface area contributed by atoms with Crippen LogP contribution in [0.2, 0.25) is 0 Å². The van der Waals surface area contributed by atoms with Crippen LogP contribution >= 0.6 is 0 Å². The Morgan fingerprint density at radius 2 is 1.96 bits per heavy atom. The van der Waals surface area contributed by atoms with Gasteiger partial charge in [0, 0.05) is 25.1 Å². The van der Waals surface area contributed by atoms with Crippen molar-refractivity contribution >= 4 is 17.4 Å². The molecule has 1 saturated heterocycles. The van der Waals surface area contributed by atoms with E-state index in [-0.39, 0.29) is 12.8 Å². The molecule has 25 heavy (non-hydrogen) atoms. The summed E-state index contributed by atoms with van der Waals surface area (Å²) in [5.41, 5.74) is 0.0815. The molecule has 1 fully saturated rings. The Morgan fingerprint density at radius 1 is 1.20 bits per heavy atom. The minimum absolute atomic E-state index is 0.0553. The van der Waals surface area contributed by atoms with E-state index >= 15 is 0 Å². The van der Waals surface area contributed by atoms with Gasteiger partial charge in [0.25, 0.3) is 5.91 Å². The fourth-order valence-corrected chi connectivity index (χ4v) is 3.08. The van der Waals surface area contributed by atoms with Gasteiger partial charge in [-0.05, 0) is 36.2 Å². The van der Waals surface area contributed by atoms with Crippen LogP contribution in [-0.4, -0.2) is 28.9 Å². The van der Waals surface area contributed by atoms with Crippen molar-refractivity contribution in [3.05, 3.63) is 65.7 Å². The molecule has 0 radical (unpaired) electrons. The van der Waals surface area contributed by atoms with Gasteiger partial charge in [0.15, 0.2) is 5.78 Å². The highest BCUT2D eigenvalue weighted by molar-refractivity contribution is 6.17. The number of Topliss-reactive ketones (excluding diaryl/α,β-unsaturated/α-hetero) is 1. The predicted octanol–water partition coefficient (Wildman–Crippen LogP) is 2.23. The Labute approximate surface area is 146 Å². The minimum atomic E-state index is -1.96. The summed E-state index contributed by atoms with van der Waals surface area (Å²) in [6.45, 7) is 0.314. The van der Waals surface area contributed by atoms with Crippen LogP contribution in [0.15, 0.2) is 54.6 Å². The third-order valence-electron chi connectivity index (χ3n) is 4.52. The zero-order chi connectivity index (χ0) is 17.9. The van der Waals surface area contributed by atoms with Gasteiger partial charge < -0.3 is 10.0 Å². The molecule has 1 N–H and O–H groups in total. The van der Waals surface area contributed by atoms with Gasteiger partial charge >= 0.3 is 0 Å². The average Bonchev–Trinajstić information content (AvgIpc) is 2.97. The zero-order valence-corrected chi connectivity index (χ0v) is 13.7. The summed E-state index contributed by atoms with van der Waals surface area (Å²) in [6.07, 6.45) is 0.535. The quantitative estimate of drug-likeness (QED) is 0.850. The smallest absolute Gasteiger partial charge is 0.266 e. The maximum absolute atomic E-state index is 12.6. The van der Waals surface area contributed by atoms with E-state index in [1.54, 1.807) is 30.3 Å². The molecule has 0 spiro atoms. The zero-order valence-electron chi connectivity index (χ0n) is 13.7. The van der Waals surface area contributed by atoms with Crippen molar-refractivity contribution in [3.63, 3.8) is 0 Å². The van der Waals surface area contributed by atoms with Crippen molar-refractivity contribution in [2.75, 3.05) is 11.4 Å². The van der Waals surface area contributed by atoms with Gasteiger partial charge in [0.1, 0.15) is 0 Å². The number of carbonyl (C=O) groups is 2. The topological polar surface area (TPSA) is 81.4 Å². The first kappa shape index (κ1) is 16.9. The number of ketones is 1. The highest BCUT2D eigenvalue weighted by Crippen LogP contribution is 2.30. The molecule has 0 saturated carbocycles. The Hall–Kier alpha value is -2.97. The summed E-state index contributed by atoms with van der Waals surface area (Å²) >= 11 is 0. The first-order chi connectivity index (χ1) is 12.0. The molecule has 1 atom stereocenters. The van der Waals surface area contributed by atoms with Crippen molar-refractivity contribution in [2.45, 2.75) is 24.9 Å². The average molecular weight is 334 g/mol. The summed E-state index contributed by atoms with van der Waals surface area (Å²) in [5.74, 6) is -1.03. The van der Waals surface area contributed by atoms with Crippen LogP contribution in [0.5, 0.6) is 0 Å². The van der Waals surface area contributed by atoms with Crippen molar-refractivity contribution in [3.8, 4) is 6.07 Å². The highest BCUT2D eigenvalue weighted by atomic mass is 16.3. The lowest BCUT2D eigenvalue weighted by atomic mass is 9.92. The molecule has 0 unspecified atom stereocenters. The summed E-state index contributed by atoms with van der Waals surface area (Å²) in [7, 11) is 0. The number of hydrogen-bond acceptors (Lipinski definition) is 4. The van der Waals surface area contributed by atoms with E-state index in [2.05, 4.69) is 6.07 Å². The predicted molar refractivity (Wildman–Crippen MR) is 92.8 cm³/mol. The summed E-state index contributed by atoms with van der Waals surface area (Å²) in [6, 6.07) is 18.1. The maximum Gasteiger partial charge on any atom is 0.266 e. The van der Waals surface area contributed by atoms with E-state index in [4.69, 9.17) is 5.26 Å². The molecule has 0 aliphatic carbocycles. The number of hydrogen-bond donors (Lipinski definition) is 1. The first-order valence-electron chi connectivity index (χ1n) is 8.16. The van der Waals surface area contributed by atoms with Crippen molar-refractivity contribution in [1.29, 1.82) is 5.26 Å². The van der Waals surface area contributed by atoms with Crippen LogP contribution in [0.25, 0.3) is 0 Å². The normalized spacial score (nSPS) is 19.7. The Bertz CT molecular complexity index is 842. The minimum Gasteiger partial charge on any atom is -0.373 e. The molecule has 5 heteroatoms. The van der Waals surface area contributed by atoms with Crippen LogP contribution in [0, 0.1) is 11.3 Å². The molecule has 0 bridgehead atoms. The number of nitrogens with zero attached hydrogens (tertiary/aromatic N) is 2. The summed E-state index contributed by atoms with van der Waals surface area (Å²) in [5, 5.41) is 19.6. The molecule has 3 rings (SSSR count). The van der Waals surface area contributed by atoms with Crippen LogP contribution < -0.4 is 4.90 Å². The molecule has 1 heterocycles. The number of benzene rings is 2. The number of para-hydroxylation sites is 1. The lowest BCUT2D eigenvalue weighted by Crippen LogP contribution is -2.47. The van der Waals surface area contributed by atoms with E-state index < -0.39 is 17.3 Å². The van der Waals surface area contributed by atoms with Gasteiger partial charge in [-0.25, -0.2) is 0 Å². The number of carbonyl (C=O) groups excluding carboxylic acids is 2. The molecule has 0 aromatic heterocycles. The Kier molecular flexibility index (Phi) is 4.64. The van der Waals surface area contributed by atoms with Crippen LogP contribution in [-0.2, 0) is 16.0 Å². The molecule has 2 aromatic rings. The lowest BCUT2D eigenvalue weighted by Gasteiger charge is -2.21. The van der Waals surface area contributed by atoms with E-state index in [9.17, 15) is 14.7 Å². The lowest BCUT2D eigenvalue weighted by molar-refractivity contribution is -0.147. The second-order valence-electron chi connectivity index (χ2n) is 6.14. The van der Waals surface area contributed by atoms with Crippen LogP contribution in [0.4, 0.5) is 5.69 Å². The molecule has 1 aliphatic rings. The van der Waals surface area contributed by atoms with Gasteiger partial charge in [-0.2, -0.15) is 5.26 Å². The van der Waals surface area contributed by atoms with Gasteiger partial charge in [0.05, 0.1) is 11.6 Å². The monoisotopic (exact) mass is 334 g/mol. The molecular formula is C20H18N2O3. The van der Waals surface area contributed by atoms with Crippen LogP contribution in [0.3, 0.4) is 0 Å². The number of amides is 1. The largest absolute Gasteiger partial charge is 0.373 e. The van der Waals surface area contributed by atoms with Gasteiger partial charge in [-0.3, -0.25) is 9.59 Å². The fraction of sp³-hybridized carbons (Fsp3) is 0.250. The standard InChI is InChI=1S/C20H18N2O3/c21-14-16-6-4-5-15(13-16)9-10-18(23)20(25)11-12-22(19(20)24)17-7-2-1-3-8-17/h1-8,13,25H,9-12H2/t20-/m0/s1. The van der Waals surface area contributed by atoms with Gasteiger partial charge in [0.2, 0.25) is 5.60 Å². The second kappa shape index (κ2) is 6.88. The fourth-order valence-electron chi connectivity index (χ4n) is 3.08. The number of rotatable bonds is 5. The molecule has 1 aliphatic heterocycles. The summed E-state index contributed by atoms with van der Waals surface area (Å²) in [4.78, 5) is 26.6. The second-order valence-corrected chi connectivity index (χ2v) is 6.14. The van der Waals surface area contributed by atoms with E-state index in [1.807, 2.05) is 24.3 Å². The third-order valence-corrected chi connectivity index (χ3v) is 4.52. The third kappa shape index (κ3) is 3.30. The molecule has 126 valence electrons. The Morgan fingerprint density at radius 3 is 2.68 bits per heavy atom. The summed E-state index contributed by atoms with van der Waals surface area (Å²) < 4.78 is 0. The van der Waals surface area contributed by atoms with E-state index in [1.165, 1.54) is 4.90 Å². The highest BCUT2D eigenvalue weighted by Gasteiger charge is 2.50. The SMILES string of the molecule is N#Cc1cccc(CCC(=O)[C@@]2(O)CCN(c3ccccc3)C2=O)c1. The van der Waals surface area contributed by atoms with Crippen molar-refractivity contribution in [1.82, 2.24) is 0 Å². The first-order valence-corrected chi connectivity index (χ1v) is 8.16. The molecule has 5 nitrogen and oxygen atoms in total. The van der Waals surface area contributed by atoms with Crippen molar-refractivity contribution in [2.24, 2.45) is 0 Å². The number of nitriles is 1. The molecule has 1 amide bonds. The number of aryl methyl sites for hydroxylation is 1.